The number of piperidine rings is 1. The molecule has 0 unspecified atom stereocenters. The van der Waals surface area contributed by atoms with Crippen LogP contribution >= 0.6 is 0 Å². The van der Waals surface area contributed by atoms with Crippen molar-refractivity contribution in [1.82, 2.24) is 14.5 Å². The van der Waals surface area contributed by atoms with Crippen molar-refractivity contribution in [3.63, 3.8) is 0 Å². The van der Waals surface area contributed by atoms with Crippen molar-refractivity contribution in [2.45, 2.75) is 37.8 Å². The Morgan fingerprint density at radius 2 is 2.39 bits per heavy atom. The molecule has 6 heteroatoms. The normalized spacial score (nSPS) is 27.7. The molecular formula is C17H21N3O3. The lowest BCUT2D eigenvalue weighted by Crippen LogP contribution is -2.50. The van der Waals surface area contributed by atoms with Gasteiger partial charge in [0, 0.05) is 25.4 Å². The molecule has 0 N–H and O–H groups in total. The number of hydrogen-bond donors (Lipinski definition) is 0. The van der Waals surface area contributed by atoms with Gasteiger partial charge in [0.2, 0.25) is 0 Å². The molecule has 1 spiro atoms. The molecule has 2 aromatic heterocycles. The third-order valence-corrected chi connectivity index (χ3v) is 5.05. The number of carbonyl (C=O) groups excluding carboxylic acids is 1. The molecular weight excluding hydrogens is 294 g/mol. The summed E-state index contributed by atoms with van der Waals surface area (Å²) in [6.45, 7) is 3.95. The fourth-order valence-electron chi connectivity index (χ4n) is 3.83. The summed E-state index contributed by atoms with van der Waals surface area (Å²) in [6.07, 6.45) is 10.1. The van der Waals surface area contributed by atoms with Crippen molar-refractivity contribution in [3.05, 3.63) is 42.4 Å². The molecule has 0 aromatic carbocycles. The van der Waals surface area contributed by atoms with Crippen LogP contribution < -0.4 is 0 Å². The second kappa shape index (κ2) is 5.53. The number of likely N-dealkylation sites (tertiary alicyclic amines) is 1. The van der Waals surface area contributed by atoms with Crippen LogP contribution in [0, 0.1) is 6.92 Å². The summed E-state index contributed by atoms with van der Waals surface area (Å²) >= 11 is 0. The van der Waals surface area contributed by atoms with Gasteiger partial charge in [-0.15, -0.1) is 0 Å². The summed E-state index contributed by atoms with van der Waals surface area (Å²) in [6, 6.07) is 2.06. The van der Waals surface area contributed by atoms with Crippen molar-refractivity contribution in [3.8, 4) is 0 Å². The van der Waals surface area contributed by atoms with Crippen molar-refractivity contribution in [1.29, 1.82) is 0 Å². The van der Waals surface area contributed by atoms with Crippen LogP contribution in [0.3, 0.4) is 0 Å². The minimum absolute atomic E-state index is 0.0463. The molecule has 0 saturated carbocycles. The molecule has 23 heavy (non-hydrogen) atoms. The zero-order chi connectivity index (χ0) is 15.9. The summed E-state index contributed by atoms with van der Waals surface area (Å²) < 4.78 is 13.6. The number of aromatic nitrogens is 2. The van der Waals surface area contributed by atoms with E-state index in [0.29, 0.717) is 30.5 Å². The third kappa shape index (κ3) is 2.57. The van der Waals surface area contributed by atoms with E-state index in [-0.39, 0.29) is 11.5 Å². The van der Waals surface area contributed by atoms with E-state index in [9.17, 15) is 4.79 Å². The van der Waals surface area contributed by atoms with E-state index < -0.39 is 0 Å². The maximum absolute atomic E-state index is 12.7. The lowest BCUT2D eigenvalue weighted by Gasteiger charge is -2.39. The zero-order valence-electron chi connectivity index (χ0n) is 13.3. The maximum atomic E-state index is 12.7. The lowest BCUT2D eigenvalue weighted by molar-refractivity contribution is -0.0449. The van der Waals surface area contributed by atoms with E-state index in [1.54, 1.807) is 18.5 Å². The van der Waals surface area contributed by atoms with Crippen molar-refractivity contribution in [2.24, 2.45) is 0 Å². The molecule has 2 atom stereocenters. The van der Waals surface area contributed by atoms with Crippen LogP contribution in [0.25, 0.3) is 0 Å². The summed E-state index contributed by atoms with van der Waals surface area (Å²) in [4.78, 5) is 18.8. The largest absolute Gasteiger partial charge is 0.469 e. The minimum atomic E-state index is -0.222. The fraction of sp³-hybridized carbons (Fsp3) is 0.529. The Labute approximate surface area is 135 Å². The van der Waals surface area contributed by atoms with Crippen molar-refractivity contribution < 1.29 is 13.9 Å². The van der Waals surface area contributed by atoms with E-state index in [0.717, 1.165) is 25.8 Å². The SMILES string of the molecule is Cc1occc1C(=O)N1CCC[C@@]2(C[C@@H](n3ccnc3)CO2)C1. The molecule has 0 radical (unpaired) electrons. The molecule has 2 saturated heterocycles. The first-order valence-corrected chi connectivity index (χ1v) is 8.12. The van der Waals surface area contributed by atoms with Gasteiger partial charge in [-0.2, -0.15) is 0 Å². The van der Waals surface area contributed by atoms with Crippen LogP contribution in [0.15, 0.2) is 35.5 Å². The molecule has 2 fully saturated rings. The van der Waals surface area contributed by atoms with Crippen molar-refractivity contribution in [2.75, 3.05) is 19.7 Å². The number of carbonyl (C=O) groups is 1. The topological polar surface area (TPSA) is 60.5 Å². The van der Waals surface area contributed by atoms with Gasteiger partial charge in [0.1, 0.15) is 5.76 Å². The van der Waals surface area contributed by atoms with E-state index in [1.807, 2.05) is 24.3 Å². The Kier molecular flexibility index (Phi) is 3.49. The molecule has 0 bridgehead atoms. The number of furan rings is 1. The smallest absolute Gasteiger partial charge is 0.257 e. The van der Waals surface area contributed by atoms with Crippen LogP contribution in [0.1, 0.15) is 41.4 Å². The highest BCUT2D eigenvalue weighted by molar-refractivity contribution is 5.95. The first-order chi connectivity index (χ1) is 11.2. The number of ether oxygens (including phenoxy) is 1. The molecule has 2 aromatic rings. The molecule has 122 valence electrons. The number of nitrogens with zero attached hydrogens (tertiary/aromatic N) is 3. The van der Waals surface area contributed by atoms with Crippen LogP contribution in [0.5, 0.6) is 0 Å². The third-order valence-electron chi connectivity index (χ3n) is 5.05. The first kappa shape index (κ1) is 14.5. The van der Waals surface area contributed by atoms with Gasteiger partial charge in [-0.1, -0.05) is 0 Å². The number of amides is 1. The monoisotopic (exact) mass is 315 g/mol. The van der Waals surface area contributed by atoms with Gasteiger partial charge in [0.05, 0.1) is 42.9 Å². The highest BCUT2D eigenvalue weighted by atomic mass is 16.5. The van der Waals surface area contributed by atoms with E-state index in [2.05, 4.69) is 9.55 Å². The summed E-state index contributed by atoms with van der Waals surface area (Å²) in [5.74, 6) is 0.725. The standard InChI is InChI=1S/C17H21N3O3/c1-13-15(3-8-22-13)16(21)19-6-2-4-17(11-19)9-14(10-23-17)20-7-5-18-12-20/h3,5,7-8,12,14H,2,4,6,9-11H2,1H3/t14-,17-/m1/s1. The van der Waals surface area contributed by atoms with Crippen LogP contribution in [-0.4, -0.2) is 45.7 Å². The first-order valence-electron chi connectivity index (χ1n) is 8.12. The number of rotatable bonds is 2. The van der Waals surface area contributed by atoms with Crippen molar-refractivity contribution >= 4 is 5.91 Å². The molecule has 1 amide bonds. The van der Waals surface area contributed by atoms with Gasteiger partial charge in [0.25, 0.3) is 5.91 Å². The van der Waals surface area contributed by atoms with Gasteiger partial charge >= 0.3 is 0 Å². The summed E-state index contributed by atoms with van der Waals surface area (Å²) in [7, 11) is 0. The average molecular weight is 315 g/mol. The Hall–Kier alpha value is -2.08. The molecule has 0 aliphatic carbocycles. The van der Waals surface area contributed by atoms with Gasteiger partial charge < -0.3 is 18.6 Å². The Morgan fingerprint density at radius 1 is 1.48 bits per heavy atom. The van der Waals surface area contributed by atoms with E-state index in [4.69, 9.17) is 9.15 Å². The predicted molar refractivity (Wildman–Crippen MR) is 83.1 cm³/mol. The second-order valence-corrected chi connectivity index (χ2v) is 6.58. The van der Waals surface area contributed by atoms with Gasteiger partial charge in [-0.05, 0) is 25.8 Å². The average Bonchev–Trinajstić information content (AvgIpc) is 3.28. The number of aryl methyl sites for hydroxylation is 1. The highest BCUT2D eigenvalue weighted by Crippen LogP contribution is 2.39. The second-order valence-electron chi connectivity index (χ2n) is 6.58. The Balaban J connectivity index is 1.49. The quantitative estimate of drug-likeness (QED) is 0.854. The molecule has 4 heterocycles. The summed E-state index contributed by atoms with van der Waals surface area (Å²) in [5, 5.41) is 0. The van der Waals surface area contributed by atoms with Gasteiger partial charge in [0.15, 0.2) is 0 Å². The zero-order valence-corrected chi connectivity index (χ0v) is 13.3. The van der Waals surface area contributed by atoms with Crippen LogP contribution in [0.4, 0.5) is 0 Å². The van der Waals surface area contributed by atoms with E-state index >= 15 is 0 Å². The van der Waals surface area contributed by atoms with Crippen LogP contribution in [0.2, 0.25) is 0 Å². The highest BCUT2D eigenvalue weighted by Gasteiger charge is 2.45. The van der Waals surface area contributed by atoms with Gasteiger partial charge in [-0.3, -0.25) is 4.79 Å². The minimum Gasteiger partial charge on any atom is -0.469 e. The van der Waals surface area contributed by atoms with Gasteiger partial charge in [-0.25, -0.2) is 4.98 Å². The number of hydrogen-bond acceptors (Lipinski definition) is 4. The maximum Gasteiger partial charge on any atom is 0.257 e. The Morgan fingerprint density at radius 3 is 3.13 bits per heavy atom. The Bertz CT molecular complexity index is 694. The van der Waals surface area contributed by atoms with Crippen LogP contribution in [-0.2, 0) is 4.74 Å². The predicted octanol–water partition coefficient (Wildman–Crippen LogP) is 2.42. The molecule has 2 aliphatic heterocycles. The fourth-order valence-corrected chi connectivity index (χ4v) is 3.83. The molecule has 4 rings (SSSR count). The summed E-state index contributed by atoms with van der Waals surface area (Å²) in [5.41, 5.74) is 0.437. The molecule has 2 aliphatic rings. The number of imidazole rings is 1. The lowest BCUT2D eigenvalue weighted by atomic mass is 9.88. The van der Waals surface area contributed by atoms with E-state index in [1.165, 1.54) is 0 Å². The molecule has 6 nitrogen and oxygen atoms in total.